The van der Waals surface area contributed by atoms with Crippen LogP contribution in [0.4, 0.5) is 0 Å². The monoisotopic (exact) mass is 414 g/mol. The lowest BCUT2D eigenvalue weighted by molar-refractivity contribution is 0.0992. The highest BCUT2D eigenvalue weighted by atomic mass is 127. The Bertz CT molecular complexity index is 593. The molecule has 0 aliphatic carbocycles. The maximum absolute atomic E-state index is 12.3. The largest absolute Gasteiger partial charge is 0.294 e. The summed E-state index contributed by atoms with van der Waals surface area (Å²) < 4.78 is 1.93. The molecule has 0 heterocycles. The van der Waals surface area contributed by atoms with Crippen LogP contribution in [0.5, 0.6) is 0 Å². The SMILES string of the molecule is Cc1cccc(CC(=O)c2cc(Br)ccc2I)c1. The third-order valence-corrected chi connectivity index (χ3v) is 4.11. The molecular formula is C15H12BrIO. The molecule has 2 aromatic rings. The molecule has 0 fully saturated rings. The molecule has 0 aliphatic rings. The molecule has 0 N–H and O–H groups in total. The maximum atomic E-state index is 12.3. The van der Waals surface area contributed by atoms with Crippen LogP contribution >= 0.6 is 38.5 Å². The number of Topliss-reactive ketones (excluding diaryl/α,β-unsaturated/α-hetero) is 1. The van der Waals surface area contributed by atoms with Gasteiger partial charge >= 0.3 is 0 Å². The zero-order valence-electron chi connectivity index (χ0n) is 9.91. The van der Waals surface area contributed by atoms with Gasteiger partial charge in [0, 0.05) is 20.0 Å². The molecule has 0 saturated carbocycles. The van der Waals surface area contributed by atoms with E-state index in [0.717, 1.165) is 19.2 Å². The van der Waals surface area contributed by atoms with Crippen molar-refractivity contribution >= 4 is 44.3 Å². The summed E-state index contributed by atoms with van der Waals surface area (Å²) in [7, 11) is 0. The normalized spacial score (nSPS) is 10.4. The zero-order chi connectivity index (χ0) is 13.1. The predicted molar refractivity (Wildman–Crippen MR) is 86.1 cm³/mol. The van der Waals surface area contributed by atoms with Crippen molar-refractivity contribution in [2.24, 2.45) is 0 Å². The molecule has 0 spiro atoms. The van der Waals surface area contributed by atoms with Crippen LogP contribution in [0.3, 0.4) is 0 Å². The highest BCUT2D eigenvalue weighted by molar-refractivity contribution is 14.1. The number of carbonyl (C=O) groups is 1. The fraction of sp³-hybridized carbons (Fsp3) is 0.133. The van der Waals surface area contributed by atoms with Gasteiger partial charge in [0.25, 0.3) is 0 Å². The van der Waals surface area contributed by atoms with Crippen LogP contribution in [0.2, 0.25) is 0 Å². The van der Waals surface area contributed by atoms with Crippen LogP contribution in [0, 0.1) is 10.5 Å². The standard InChI is InChI=1S/C15H12BrIO/c1-10-3-2-4-11(7-10)8-15(18)13-9-12(16)5-6-14(13)17/h2-7,9H,8H2,1H3. The summed E-state index contributed by atoms with van der Waals surface area (Å²) in [5.74, 6) is 0.159. The van der Waals surface area contributed by atoms with E-state index < -0.39 is 0 Å². The van der Waals surface area contributed by atoms with E-state index >= 15 is 0 Å². The first-order valence-corrected chi connectivity index (χ1v) is 7.47. The van der Waals surface area contributed by atoms with E-state index in [0.29, 0.717) is 6.42 Å². The average molecular weight is 415 g/mol. The number of rotatable bonds is 3. The Morgan fingerprint density at radius 3 is 2.72 bits per heavy atom. The molecule has 0 aromatic heterocycles. The van der Waals surface area contributed by atoms with Gasteiger partial charge in [-0.25, -0.2) is 0 Å². The lowest BCUT2D eigenvalue weighted by atomic mass is 10.0. The lowest BCUT2D eigenvalue weighted by Gasteiger charge is -2.05. The van der Waals surface area contributed by atoms with Gasteiger partial charge in [-0.1, -0.05) is 45.8 Å². The predicted octanol–water partition coefficient (Wildman–Crippen LogP) is 4.79. The minimum absolute atomic E-state index is 0.159. The second-order valence-electron chi connectivity index (χ2n) is 4.21. The third-order valence-electron chi connectivity index (χ3n) is 2.68. The molecule has 2 rings (SSSR count). The quantitative estimate of drug-likeness (QED) is 0.521. The van der Waals surface area contributed by atoms with E-state index in [1.165, 1.54) is 5.56 Å². The first-order valence-electron chi connectivity index (χ1n) is 5.60. The highest BCUT2D eigenvalue weighted by Gasteiger charge is 2.11. The minimum Gasteiger partial charge on any atom is -0.294 e. The third kappa shape index (κ3) is 3.42. The van der Waals surface area contributed by atoms with E-state index in [4.69, 9.17) is 0 Å². The Morgan fingerprint density at radius 2 is 2.00 bits per heavy atom. The minimum atomic E-state index is 0.159. The van der Waals surface area contributed by atoms with Gasteiger partial charge in [-0.2, -0.15) is 0 Å². The van der Waals surface area contributed by atoms with Crippen molar-refractivity contribution in [1.29, 1.82) is 0 Å². The molecule has 0 amide bonds. The summed E-state index contributed by atoms with van der Waals surface area (Å²) in [6, 6.07) is 13.9. The van der Waals surface area contributed by atoms with Gasteiger partial charge in [0.05, 0.1) is 0 Å². The topological polar surface area (TPSA) is 17.1 Å². The first-order chi connectivity index (χ1) is 8.56. The molecule has 92 valence electrons. The fourth-order valence-electron chi connectivity index (χ4n) is 1.81. The number of carbonyl (C=O) groups excluding carboxylic acids is 1. The van der Waals surface area contributed by atoms with Gasteiger partial charge in [0.2, 0.25) is 0 Å². The van der Waals surface area contributed by atoms with Crippen molar-refractivity contribution in [3.8, 4) is 0 Å². The van der Waals surface area contributed by atoms with Crippen LogP contribution in [0.15, 0.2) is 46.9 Å². The van der Waals surface area contributed by atoms with Crippen LogP contribution in [0.1, 0.15) is 21.5 Å². The molecule has 2 aromatic carbocycles. The van der Waals surface area contributed by atoms with E-state index in [1.54, 1.807) is 0 Å². The van der Waals surface area contributed by atoms with Crippen molar-refractivity contribution < 1.29 is 4.79 Å². The number of aryl methyl sites for hydroxylation is 1. The van der Waals surface area contributed by atoms with Crippen molar-refractivity contribution in [2.75, 3.05) is 0 Å². The van der Waals surface area contributed by atoms with E-state index in [2.05, 4.69) is 44.6 Å². The smallest absolute Gasteiger partial charge is 0.168 e. The Labute approximate surface area is 129 Å². The molecule has 0 saturated heterocycles. The summed E-state index contributed by atoms with van der Waals surface area (Å²) >= 11 is 5.61. The maximum Gasteiger partial charge on any atom is 0.168 e. The molecule has 0 bridgehead atoms. The Balaban J connectivity index is 2.24. The summed E-state index contributed by atoms with van der Waals surface area (Å²) in [5, 5.41) is 0. The Hall–Kier alpha value is -0.680. The highest BCUT2D eigenvalue weighted by Crippen LogP contribution is 2.20. The van der Waals surface area contributed by atoms with E-state index in [9.17, 15) is 4.79 Å². The summed E-state index contributed by atoms with van der Waals surface area (Å²) in [5.41, 5.74) is 3.03. The number of halogens is 2. The van der Waals surface area contributed by atoms with Crippen molar-refractivity contribution in [2.45, 2.75) is 13.3 Å². The van der Waals surface area contributed by atoms with Crippen molar-refractivity contribution in [3.63, 3.8) is 0 Å². The molecule has 0 unspecified atom stereocenters. The summed E-state index contributed by atoms with van der Waals surface area (Å²) in [6.45, 7) is 2.04. The molecule has 3 heteroatoms. The first kappa shape index (κ1) is 13.7. The van der Waals surface area contributed by atoms with Crippen molar-refractivity contribution in [3.05, 3.63) is 67.2 Å². The summed E-state index contributed by atoms with van der Waals surface area (Å²) in [4.78, 5) is 12.3. The molecule has 18 heavy (non-hydrogen) atoms. The number of ketones is 1. The number of hydrogen-bond acceptors (Lipinski definition) is 1. The fourth-order valence-corrected chi connectivity index (χ4v) is 2.81. The Morgan fingerprint density at radius 1 is 1.22 bits per heavy atom. The van der Waals surface area contributed by atoms with Crippen LogP contribution in [0.25, 0.3) is 0 Å². The van der Waals surface area contributed by atoms with Crippen molar-refractivity contribution in [1.82, 2.24) is 0 Å². The molecule has 1 nitrogen and oxygen atoms in total. The summed E-state index contributed by atoms with van der Waals surface area (Å²) in [6.07, 6.45) is 0.453. The van der Waals surface area contributed by atoms with E-state index in [1.807, 2.05) is 43.3 Å². The molecular weight excluding hydrogens is 403 g/mol. The van der Waals surface area contributed by atoms with Gasteiger partial charge in [0.15, 0.2) is 5.78 Å². The van der Waals surface area contributed by atoms with Crippen LogP contribution in [-0.4, -0.2) is 5.78 Å². The molecule has 0 radical (unpaired) electrons. The number of hydrogen-bond donors (Lipinski definition) is 0. The van der Waals surface area contributed by atoms with Gasteiger partial charge in [-0.15, -0.1) is 0 Å². The van der Waals surface area contributed by atoms with Gasteiger partial charge in [-0.05, 0) is 53.3 Å². The number of benzene rings is 2. The van der Waals surface area contributed by atoms with Gasteiger partial charge in [-0.3, -0.25) is 4.79 Å². The molecule has 0 atom stereocenters. The zero-order valence-corrected chi connectivity index (χ0v) is 13.7. The van der Waals surface area contributed by atoms with Crippen LogP contribution < -0.4 is 0 Å². The second kappa shape index (κ2) is 5.97. The second-order valence-corrected chi connectivity index (χ2v) is 6.29. The van der Waals surface area contributed by atoms with Crippen LogP contribution in [-0.2, 0) is 6.42 Å². The lowest BCUT2D eigenvalue weighted by Crippen LogP contribution is -2.05. The molecule has 0 aliphatic heterocycles. The van der Waals surface area contributed by atoms with Gasteiger partial charge in [0.1, 0.15) is 0 Å². The van der Waals surface area contributed by atoms with Gasteiger partial charge < -0.3 is 0 Å². The average Bonchev–Trinajstić information content (AvgIpc) is 2.32. The van der Waals surface area contributed by atoms with E-state index in [-0.39, 0.29) is 5.78 Å². The Kier molecular flexibility index (Phi) is 4.56.